The van der Waals surface area contributed by atoms with Crippen LogP contribution in [0.2, 0.25) is 0 Å². The molecule has 17 heavy (non-hydrogen) atoms. The molecule has 0 N–H and O–H groups in total. The number of nitrogens with zero attached hydrogens (tertiary/aromatic N) is 2. The molecule has 1 aliphatic carbocycles. The van der Waals surface area contributed by atoms with Crippen LogP contribution in [-0.2, 0) is 0 Å². The maximum absolute atomic E-state index is 4.53. The standard InChI is InChI=1S/C14H21BrN2/c1-3-11-7-9-12(10-8-11)17(2)14-6-4-5-13(15)16-14/h4-6,11-12H,3,7-10H2,1-2H3. The summed E-state index contributed by atoms with van der Waals surface area (Å²) < 4.78 is 0.920. The number of aromatic nitrogens is 1. The number of halogens is 1. The number of rotatable bonds is 3. The molecule has 2 rings (SSSR count). The molecule has 1 saturated carbocycles. The van der Waals surface area contributed by atoms with Gasteiger partial charge in [0.15, 0.2) is 0 Å². The topological polar surface area (TPSA) is 16.1 Å². The van der Waals surface area contributed by atoms with Crippen molar-refractivity contribution in [2.24, 2.45) is 5.92 Å². The molecule has 0 aromatic carbocycles. The van der Waals surface area contributed by atoms with Gasteiger partial charge in [0.05, 0.1) is 0 Å². The lowest BCUT2D eigenvalue weighted by Gasteiger charge is -2.35. The Kier molecular flexibility index (Phi) is 4.43. The zero-order chi connectivity index (χ0) is 12.3. The van der Waals surface area contributed by atoms with Crippen molar-refractivity contribution in [3.8, 4) is 0 Å². The molecule has 0 bridgehead atoms. The van der Waals surface area contributed by atoms with Crippen LogP contribution in [0.25, 0.3) is 0 Å². The van der Waals surface area contributed by atoms with E-state index in [9.17, 15) is 0 Å². The summed E-state index contributed by atoms with van der Waals surface area (Å²) in [4.78, 5) is 6.87. The fraction of sp³-hybridized carbons (Fsp3) is 0.643. The van der Waals surface area contributed by atoms with Crippen molar-refractivity contribution >= 4 is 21.7 Å². The van der Waals surface area contributed by atoms with Crippen LogP contribution in [-0.4, -0.2) is 18.1 Å². The van der Waals surface area contributed by atoms with E-state index < -0.39 is 0 Å². The first-order chi connectivity index (χ1) is 8.20. The monoisotopic (exact) mass is 296 g/mol. The van der Waals surface area contributed by atoms with Crippen LogP contribution in [0.15, 0.2) is 22.8 Å². The van der Waals surface area contributed by atoms with Gasteiger partial charge in [-0.15, -0.1) is 0 Å². The van der Waals surface area contributed by atoms with Gasteiger partial charge < -0.3 is 4.90 Å². The van der Waals surface area contributed by atoms with Gasteiger partial charge >= 0.3 is 0 Å². The van der Waals surface area contributed by atoms with E-state index in [0.29, 0.717) is 6.04 Å². The molecule has 2 nitrogen and oxygen atoms in total. The molecule has 0 radical (unpaired) electrons. The van der Waals surface area contributed by atoms with Crippen molar-refractivity contribution in [2.45, 2.75) is 45.1 Å². The number of anilines is 1. The van der Waals surface area contributed by atoms with Crippen LogP contribution in [0.3, 0.4) is 0 Å². The second-order valence-electron chi connectivity index (χ2n) is 5.01. The lowest BCUT2D eigenvalue weighted by Crippen LogP contribution is -2.35. The van der Waals surface area contributed by atoms with Crippen LogP contribution < -0.4 is 4.90 Å². The third-order valence-electron chi connectivity index (χ3n) is 4.00. The quantitative estimate of drug-likeness (QED) is 0.775. The van der Waals surface area contributed by atoms with Crippen LogP contribution in [0.1, 0.15) is 39.0 Å². The average Bonchev–Trinajstić information content (AvgIpc) is 2.38. The molecule has 0 atom stereocenters. The third-order valence-corrected chi connectivity index (χ3v) is 4.44. The van der Waals surface area contributed by atoms with Crippen LogP contribution in [0.5, 0.6) is 0 Å². The summed E-state index contributed by atoms with van der Waals surface area (Å²) >= 11 is 3.44. The Morgan fingerprint density at radius 1 is 1.29 bits per heavy atom. The second-order valence-corrected chi connectivity index (χ2v) is 5.82. The highest BCUT2D eigenvalue weighted by atomic mass is 79.9. The van der Waals surface area contributed by atoms with E-state index >= 15 is 0 Å². The highest BCUT2D eigenvalue weighted by Crippen LogP contribution is 2.30. The SMILES string of the molecule is CCC1CCC(N(C)c2cccc(Br)n2)CC1. The smallest absolute Gasteiger partial charge is 0.129 e. The maximum atomic E-state index is 4.53. The van der Waals surface area contributed by atoms with Crippen molar-refractivity contribution in [1.29, 1.82) is 0 Å². The first-order valence-electron chi connectivity index (χ1n) is 6.56. The van der Waals surface area contributed by atoms with E-state index in [2.05, 4.69) is 51.9 Å². The normalized spacial score (nSPS) is 24.6. The van der Waals surface area contributed by atoms with E-state index in [1.807, 2.05) is 6.07 Å². The molecular weight excluding hydrogens is 276 g/mol. The number of hydrogen-bond acceptors (Lipinski definition) is 2. The lowest BCUT2D eigenvalue weighted by atomic mass is 9.84. The van der Waals surface area contributed by atoms with Crippen LogP contribution in [0, 0.1) is 5.92 Å². The highest BCUT2D eigenvalue weighted by molar-refractivity contribution is 9.10. The minimum absolute atomic E-state index is 0.666. The Labute approximate surface area is 113 Å². The molecule has 1 aliphatic rings. The van der Waals surface area contributed by atoms with Gasteiger partial charge in [0.2, 0.25) is 0 Å². The first-order valence-corrected chi connectivity index (χ1v) is 7.35. The van der Waals surface area contributed by atoms with Crippen molar-refractivity contribution in [3.05, 3.63) is 22.8 Å². The largest absolute Gasteiger partial charge is 0.357 e. The average molecular weight is 297 g/mol. The fourth-order valence-corrected chi connectivity index (χ4v) is 3.06. The Balaban J connectivity index is 1.99. The van der Waals surface area contributed by atoms with Gasteiger partial charge in [-0.3, -0.25) is 0 Å². The van der Waals surface area contributed by atoms with Crippen molar-refractivity contribution < 1.29 is 0 Å². The van der Waals surface area contributed by atoms with Crippen LogP contribution >= 0.6 is 15.9 Å². The van der Waals surface area contributed by atoms with E-state index in [-0.39, 0.29) is 0 Å². The number of pyridine rings is 1. The van der Waals surface area contributed by atoms with Crippen molar-refractivity contribution in [1.82, 2.24) is 4.98 Å². The van der Waals surface area contributed by atoms with Gasteiger partial charge in [-0.05, 0) is 59.7 Å². The molecule has 3 heteroatoms. The predicted octanol–water partition coefficient (Wildman–Crippen LogP) is 4.25. The van der Waals surface area contributed by atoms with Gasteiger partial charge in [0.25, 0.3) is 0 Å². The summed E-state index contributed by atoms with van der Waals surface area (Å²) in [5.74, 6) is 2.04. The molecular formula is C14H21BrN2. The van der Waals surface area contributed by atoms with E-state index in [1.165, 1.54) is 32.1 Å². The Bertz CT molecular complexity index is 359. The maximum Gasteiger partial charge on any atom is 0.129 e. The summed E-state index contributed by atoms with van der Waals surface area (Å²) in [7, 11) is 2.17. The minimum atomic E-state index is 0.666. The van der Waals surface area contributed by atoms with E-state index in [4.69, 9.17) is 0 Å². The van der Waals surface area contributed by atoms with Crippen molar-refractivity contribution in [3.63, 3.8) is 0 Å². The van der Waals surface area contributed by atoms with Gasteiger partial charge in [-0.1, -0.05) is 19.4 Å². The van der Waals surface area contributed by atoms with E-state index in [0.717, 1.165) is 16.3 Å². The zero-order valence-corrected chi connectivity index (χ0v) is 12.3. The predicted molar refractivity (Wildman–Crippen MR) is 76.4 cm³/mol. The summed E-state index contributed by atoms with van der Waals surface area (Å²) in [6.07, 6.45) is 6.71. The van der Waals surface area contributed by atoms with Crippen LogP contribution in [0.4, 0.5) is 5.82 Å². The fourth-order valence-electron chi connectivity index (χ4n) is 2.72. The molecule has 0 amide bonds. The summed E-state index contributed by atoms with van der Waals surface area (Å²) in [5, 5.41) is 0. The molecule has 0 unspecified atom stereocenters. The molecule has 94 valence electrons. The minimum Gasteiger partial charge on any atom is -0.357 e. The highest BCUT2D eigenvalue weighted by Gasteiger charge is 2.23. The first kappa shape index (κ1) is 12.9. The summed E-state index contributed by atoms with van der Waals surface area (Å²) in [5.41, 5.74) is 0. The molecule has 0 spiro atoms. The molecule has 1 fully saturated rings. The van der Waals surface area contributed by atoms with Gasteiger partial charge in [-0.2, -0.15) is 0 Å². The van der Waals surface area contributed by atoms with Crippen molar-refractivity contribution in [2.75, 3.05) is 11.9 Å². The van der Waals surface area contributed by atoms with Gasteiger partial charge in [0.1, 0.15) is 10.4 Å². The molecule has 1 aromatic heterocycles. The summed E-state index contributed by atoms with van der Waals surface area (Å²) in [6, 6.07) is 6.79. The number of hydrogen-bond donors (Lipinski definition) is 0. The third kappa shape index (κ3) is 3.21. The molecule has 0 saturated heterocycles. The molecule has 1 heterocycles. The molecule has 1 aromatic rings. The zero-order valence-electron chi connectivity index (χ0n) is 10.7. The Morgan fingerprint density at radius 3 is 2.59 bits per heavy atom. The Morgan fingerprint density at radius 2 is 2.00 bits per heavy atom. The van der Waals surface area contributed by atoms with E-state index in [1.54, 1.807) is 0 Å². The lowest BCUT2D eigenvalue weighted by molar-refractivity contribution is 0.313. The Hall–Kier alpha value is -0.570. The van der Waals surface area contributed by atoms with Gasteiger partial charge in [-0.25, -0.2) is 4.98 Å². The molecule has 0 aliphatic heterocycles. The summed E-state index contributed by atoms with van der Waals surface area (Å²) in [6.45, 7) is 2.31. The second kappa shape index (κ2) is 5.85. The van der Waals surface area contributed by atoms with Gasteiger partial charge in [0, 0.05) is 13.1 Å².